The van der Waals surface area contributed by atoms with Gasteiger partial charge in [0.2, 0.25) is 0 Å². The van der Waals surface area contributed by atoms with Gasteiger partial charge in [0.15, 0.2) is 0 Å². The van der Waals surface area contributed by atoms with Gasteiger partial charge in [0.1, 0.15) is 12.4 Å². The van der Waals surface area contributed by atoms with Crippen molar-refractivity contribution in [2.75, 3.05) is 0 Å². The molecule has 0 saturated carbocycles. The van der Waals surface area contributed by atoms with Gasteiger partial charge in [0.05, 0.1) is 13.1 Å². The van der Waals surface area contributed by atoms with Crippen LogP contribution in [0.2, 0.25) is 0 Å². The van der Waals surface area contributed by atoms with E-state index in [-0.39, 0.29) is 0 Å². The van der Waals surface area contributed by atoms with Crippen LogP contribution in [0.25, 0.3) is 0 Å². The fraction of sp³-hybridized carbons (Fsp3) is 0.929. The molecule has 1 aromatic rings. The number of hydrogen-bond acceptors (Lipinski definition) is 0. The van der Waals surface area contributed by atoms with Crippen molar-refractivity contribution in [3.8, 4) is 0 Å². The Labute approximate surface area is 279 Å². The fourth-order valence-corrected chi connectivity index (χ4v) is 7.03. The summed E-state index contributed by atoms with van der Waals surface area (Å²) in [6, 6.07) is 0. The Kier molecular flexibility index (Phi) is 31.5. The van der Waals surface area contributed by atoms with Gasteiger partial charge in [-0.2, -0.15) is 0 Å². The summed E-state index contributed by atoms with van der Waals surface area (Å²) in [5, 5.41) is 0. The van der Waals surface area contributed by atoms with E-state index in [4.69, 9.17) is 0 Å². The van der Waals surface area contributed by atoms with E-state index in [9.17, 15) is 0 Å². The second-order valence-electron chi connectivity index (χ2n) is 14.5. The number of rotatable bonds is 36. The van der Waals surface area contributed by atoms with E-state index in [1.807, 2.05) is 0 Å². The summed E-state index contributed by atoms with van der Waals surface area (Å²) in [6.07, 6.45) is 53.4. The molecule has 2 nitrogen and oxygen atoms in total. The van der Waals surface area contributed by atoms with Crippen molar-refractivity contribution in [2.45, 2.75) is 252 Å². The normalized spacial score (nSPS) is 11.6. The van der Waals surface area contributed by atoms with E-state index < -0.39 is 0 Å². The maximum Gasteiger partial charge on any atom is 0.256 e. The molecule has 0 saturated heterocycles. The van der Waals surface area contributed by atoms with Crippen LogP contribution in [0.3, 0.4) is 0 Å². The van der Waals surface area contributed by atoms with E-state index >= 15 is 0 Å². The molecule has 0 aliphatic carbocycles. The molecule has 1 heterocycles. The molecule has 1 aromatic heterocycles. The van der Waals surface area contributed by atoms with Crippen molar-refractivity contribution < 1.29 is 4.57 Å². The lowest BCUT2D eigenvalue weighted by molar-refractivity contribution is -0.704. The molecule has 0 unspecified atom stereocenters. The zero-order chi connectivity index (χ0) is 31.6. The van der Waals surface area contributed by atoms with Gasteiger partial charge in [-0.1, -0.05) is 201 Å². The topological polar surface area (TPSA) is 8.81 Å². The third kappa shape index (κ3) is 25.4. The lowest BCUT2D eigenvalue weighted by atomic mass is 10.0. The monoisotopic (exact) mass is 616 g/mol. The zero-order valence-electron chi connectivity index (χ0n) is 31.0. The predicted molar refractivity (Wildman–Crippen MR) is 198 cm³/mol. The largest absolute Gasteiger partial charge is 0.256 e. The Balaban J connectivity index is 2.23. The van der Waals surface area contributed by atoms with Crippen molar-refractivity contribution in [2.24, 2.45) is 0 Å². The molecule has 260 valence electrons. The van der Waals surface area contributed by atoms with Gasteiger partial charge < -0.3 is 0 Å². The Morgan fingerprint density at radius 1 is 0.386 bits per heavy atom. The molecule has 0 aliphatic rings. The van der Waals surface area contributed by atoms with Crippen molar-refractivity contribution in [3.63, 3.8) is 0 Å². The van der Waals surface area contributed by atoms with Crippen LogP contribution in [0, 0.1) is 0 Å². The second-order valence-corrected chi connectivity index (χ2v) is 14.5. The molecule has 0 amide bonds. The van der Waals surface area contributed by atoms with Gasteiger partial charge in [0, 0.05) is 6.42 Å². The predicted octanol–water partition coefficient (Wildman–Crippen LogP) is 14.3. The molecule has 0 aromatic carbocycles. The summed E-state index contributed by atoms with van der Waals surface area (Å²) >= 11 is 0. The smallest absolute Gasteiger partial charge is 0.234 e. The first-order chi connectivity index (χ1) is 21.8. The van der Waals surface area contributed by atoms with Crippen LogP contribution in [0.1, 0.15) is 238 Å². The standard InChI is InChI=1S/C42H83N2/c1-4-7-10-13-16-18-20-21-22-23-25-27-30-33-36-39-44-41-40-43(42(44)37-34-31-28-15-12-9-6-3)38-35-32-29-26-24-19-17-14-11-8-5-2/h40-41H,4-39H2,1-3H3/q+1. The van der Waals surface area contributed by atoms with Crippen LogP contribution >= 0.6 is 0 Å². The molecule has 0 spiro atoms. The molecule has 44 heavy (non-hydrogen) atoms. The minimum absolute atomic E-state index is 1.23. The first-order valence-corrected chi connectivity index (χ1v) is 20.9. The van der Waals surface area contributed by atoms with Crippen molar-refractivity contribution >= 4 is 0 Å². The second kappa shape index (κ2) is 33.6. The van der Waals surface area contributed by atoms with E-state index in [1.165, 1.54) is 231 Å². The maximum absolute atomic E-state index is 2.64. The minimum atomic E-state index is 1.23. The van der Waals surface area contributed by atoms with Gasteiger partial charge >= 0.3 is 0 Å². The van der Waals surface area contributed by atoms with Gasteiger partial charge in [-0.3, -0.25) is 0 Å². The van der Waals surface area contributed by atoms with Crippen LogP contribution in [-0.2, 0) is 19.5 Å². The molecule has 1 rings (SSSR count). The summed E-state index contributed by atoms with van der Waals surface area (Å²) in [5.74, 6) is 1.62. The number of imidazole rings is 1. The van der Waals surface area contributed by atoms with Crippen molar-refractivity contribution in [3.05, 3.63) is 18.2 Å². The highest BCUT2D eigenvalue weighted by Gasteiger charge is 2.16. The highest BCUT2D eigenvalue weighted by Crippen LogP contribution is 2.15. The number of nitrogens with zero attached hydrogens (tertiary/aromatic N) is 2. The number of aromatic nitrogens is 2. The number of hydrogen-bond donors (Lipinski definition) is 0. The van der Waals surface area contributed by atoms with Crippen molar-refractivity contribution in [1.29, 1.82) is 0 Å². The highest BCUT2D eigenvalue weighted by molar-refractivity contribution is 4.84. The summed E-state index contributed by atoms with van der Waals surface area (Å²) in [6.45, 7) is 9.41. The van der Waals surface area contributed by atoms with Crippen molar-refractivity contribution in [1.82, 2.24) is 4.57 Å². The van der Waals surface area contributed by atoms with Gasteiger partial charge in [-0.05, 0) is 32.1 Å². The van der Waals surface area contributed by atoms with Crippen LogP contribution < -0.4 is 4.57 Å². The SMILES string of the molecule is CCCCCCCCCCCCCCCCCn1cc[n+](CCCCCCCCCCCCC)c1CCCCCCCCC. The molecule has 2 heteroatoms. The quantitative estimate of drug-likeness (QED) is 0.0524. The van der Waals surface area contributed by atoms with E-state index in [1.54, 1.807) is 5.82 Å². The Morgan fingerprint density at radius 2 is 0.705 bits per heavy atom. The van der Waals surface area contributed by atoms with E-state index in [0.717, 1.165) is 0 Å². The zero-order valence-corrected chi connectivity index (χ0v) is 31.0. The number of aryl methyl sites for hydroxylation is 2. The lowest BCUT2D eigenvalue weighted by Crippen LogP contribution is -2.37. The minimum Gasteiger partial charge on any atom is -0.234 e. The lowest BCUT2D eigenvalue weighted by Gasteiger charge is -2.07. The molecule has 0 aliphatic heterocycles. The molecule has 0 bridgehead atoms. The van der Waals surface area contributed by atoms with Crippen LogP contribution in [0.15, 0.2) is 12.4 Å². The molecular weight excluding hydrogens is 532 g/mol. The molecular formula is C42H83N2+. The average Bonchev–Trinajstić information content (AvgIpc) is 3.42. The maximum atomic E-state index is 2.64. The van der Waals surface area contributed by atoms with Gasteiger partial charge in [0.25, 0.3) is 5.82 Å². The number of unbranched alkanes of at least 4 members (excludes halogenated alkanes) is 30. The van der Waals surface area contributed by atoms with E-state index in [2.05, 4.69) is 42.3 Å². The Morgan fingerprint density at radius 3 is 1.09 bits per heavy atom. The van der Waals surface area contributed by atoms with Crippen LogP contribution in [0.5, 0.6) is 0 Å². The fourth-order valence-electron chi connectivity index (χ4n) is 7.03. The van der Waals surface area contributed by atoms with Crippen LogP contribution in [0.4, 0.5) is 0 Å². The molecule has 0 radical (unpaired) electrons. The first-order valence-electron chi connectivity index (χ1n) is 20.9. The average molecular weight is 616 g/mol. The van der Waals surface area contributed by atoms with Gasteiger partial charge in [-0.25, -0.2) is 9.13 Å². The molecule has 0 atom stereocenters. The third-order valence-corrected chi connectivity index (χ3v) is 10.1. The highest BCUT2D eigenvalue weighted by atomic mass is 15.1. The summed E-state index contributed by atoms with van der Waals surface area (Å²) in [7, 11) is 0. The van der Waals surface area contributed by atoms with E-state index in [0.29, 0.717) is 0 Å². The Hall–Kier alpha value is -0.790. The summed E-state index contributed by atoms with van der Waals surface area (Å²) in [4.78, 5) is 0. The third-order valence-electron chi connectivity index (χ3n) is 10.1. The van der Waals surface area contributed by atoms with Gasteiger partial charge in [-0.15, -0.1) is 0 Å². The first kappa shape index (κ1) is 41.2. The van der Waals surface area contributed by atoms with Crippen LogP contribution in [-0.4, -0.2) is 4.57 Å². The molecule has 0 fully saturated rings. The summed E-state index contributed by atoms with van der Waals surface area (Å²) in [5.41, 5.74) is 0. The molecule has 0 N–H and O–H groups in total. The Bertz CT molecular complexity index is 677. The summed E-state index contributed by atoms with van der Waals surface area (Å²) < 4.78 is 5.27.